The van der Waals surface area contributed by atoms with E-state index in [1.165, 1.54) is 6.92 Å². The third-order valence-corrected chi connectivity index (χ3v) is 11.1. The first kappa shape index (κ1) is 20.7. The molecule has 3 aromatic rings. The van der Waals surface area contributed by atoms with E-state index in [9.17, 15) is 14.9 Å². The fourth-order valence-electron chi connectivity index (χ4n) is 4.02. The predicted molar refractivity (Wildman–Crippen MR) is 118 cm³/mol. The predicted octanol–water partition coefficient (Wildman–Crippen LogP) is 4.01. The summed E-state index contributed by atoms with van der Waals surface area (Å²) in [5.74, 6) is 0.0527. The topological polar surface area (TPSA) is 69.4 Å². The van der Waals surface area contributed by atoms with Gasteiger partial charge in [-0.2, -0.15) is 0 Å². The Morgan fingerprint density at radius 3 is 1.52 bits per heavy atom. The van der Waals surface area contributed by atoms with E-state index in [4.69, 9.17) is 4.62 Å². The molecule has 0 saturated carbocycles. The standard InChI is InChI=1S/C23H24NO4P/c1-20(25)12-11-19-29(28-24(26)27,21-13-5-2-6-14-21,22-15-7-3-8-16-22)23-17-9-4-10-18-23/h2-10,13-18H,11-12,19H2,1H3. The molecular weight excluding hydrogens is 385 g/mol. The average Bonchev–Trinajstić information content (AvgIpc) is 2.74. The molecule has 0 heterocycles. The van der Waals surface area contributed by atoms with Gasteiger partial charge in [0.2, 0.25) is 0 Å². The molecule has 0 aromatic heterocycles. The molecule has 0 unspecified atom stereocenters. The van der Waals surface area contributed by atoms with Gasteiger partial charge in [-0.1, -0.05) is 0 Å². The van der Waals surface area contributed by atoms with E-state index in [0.29, 0.717) is 19.0 Å². The second-order valence-corrected chi connectivity index (χ2v) is 11.6. The van der Waals surface area contributed by atoms with Crippen LogP contribution in [0.4, 0.5) is 0 Å². The molecule has 0 atom stereocenters. The molecule has 0 spiro atoms. The summed E-state index contributed by atoms with van der Waals surface area (Å²) in [6.07, 6.45) is 1.19. The van der Waals surface area contributed by atoms with E-state index in [-0.39, 0.29) is 5.78 Å². The van der Waals surface area contributed by atoms with Gasteiger partial charge in [-0.3, -0.25) is 0 Å². The Kier molecular flexibility index (Phi) is 6.09. The Morgan fingerprint density at radius 1 is 0.828 bits per heavy atom. The summed E-state index contributed by atoms with van der Waals surface area (Å²) in [6.45, 7) is -2.43. The van der Waals surface area contributed by atoms with Crippen molar-refractivity contribution in [3.05, 3.63) is 101 Å². The van der Waals surface area contributed by atoms with Gasteiger partial charge < -0.3 is 0 Å². The van der Waals surface area contributed by atoms with Crippen molar-refractivity contribution < 1.29 is 14.5 Å². The van der Waals surface area contributed by atoms with Crippen molar-refractivity contribution in [1.82, 2.24) is 0 Å². The zero-order valence-corrected chi connectivity index (χ0v) is 17.2. The third kappa shape index (κ3) is 3.79. The van der Waals surface area contributed by atoms with Crippen LogP contribution in [-0.2, 0) is 9.42 Å². The molecule has 6 heteroatoms. The van der Waals surface area contributed by atoms with Crippen LogP contribution in [0, 0.1) is 10.1 Å². The van der Waals surface area contributed by atoms with Crippen LogP contribution in [0.2, 0.25) is 0 Å². The molecule has 3 rings (SSSR count). The first-order valence-electron chi connectivity index (χ1n) is 9.51. The van der Waals surface area contributed by atoms with Gasteiger partial charge in [0.15, 0.2) is 0 Å². The van der Waals surface area contributed by atoms with E-state index in [2.05, 4.69) is 0 Å². The minimum absolute atomic E-state index is 0.0527. The van der Waals surface area contributed by atoms with Crippen LogP contribution in [-0.4, -0.2) is 17.0 Å². The molecule has 5 nitrogen and oxygen atoms in total. The summed E-state index contributed by atoms with van der Waals surface area (Å²) in [5, 5.41) is 13.6. The second-order valence-electron chi connectivity index (χ2n) is 7.05. The molecular formula is C23H24NO4P. The molecule has 0 amide bonds. The molecule has 0 bridgehead atoms. The molecule has 0 aliphatic rings. The average molecular weight is 409 g/mol. The molecule has 29 heavy (non-hydrogen) atoms. The fourth-order valence-corrected chi connectivity index (χ4v) is 9.52. The van der Waals surface area contributed by atoms with Crippen molar-refractivity contribution in [3.63, 3.8) is 0 Å². The summed E-state index contributed by atoms with van der Waals surface area (Å²) in [4.78, 5) is 23.7. The number of Topliss-reactive ketones (excluding diaryl/α,β-unsaturated/α-hetero) is 1. The van der Waals surface area contributed by atoms with Gasteiger partial charge in [0.05, 0.1) is 0 Å². The number of ketones is 1. The van der Waals surface area contributed by atoms with Gasteiger partial charge in [0, 0.05) is 0 Å². The van der Waals surface area contributed by atoms with Crippen LogP contribution >= 0.6 is 6.83 Å². The summed E-state index contributed by atoms with van der Waals surface area (Å²) < 4.78 is 5.91. The molecule has 0 saturated heterocycles. The molecule has 0 aliphatic heterocycles. The maximum absolute atomic E-state index is 12.0. The van der Waals surface area contributed by atoms with Gasteiger partial charge in [-0.15, -0.1) is 0 Å². The number of nitrogens with zero attached hydrogens (tertiary/aromatic N) is 1. The fraction of sp³-hybridized carbons (Fsp3) is 0.174. The van der Waals surface area contributed by atoms with Crippen molar-refractivity contribution in [2.45, 2.75) is 19.8 Å². The number of hydrogen-bond donors (Lipinski definition) is 0. The monoisotopic (exact) mass is 409 g/mol. The van der Waals surface area contributed by atoms with Crippen molar-refractivity contribution in [3.8, 4) is 0 Å². The number of carbonyl (C=O) groups excluding carboxylic acids is 1. The van der Waals surface area contributed by atoms with Crippen LogP contribution in [0.5, 0.6) is 0 Å². The Hall–Kier alpha value is -3.04. The normalized spacial score (nSPS) is 12.5. The van der Waals surface area contributed by atoms with Crippen molar-refractivity contribution in [2.24, 2.45) is 0 Å². The van der Waals surface area contributed by atoms with E-state index < -0.39 is 11.9 Å². The van der Waals surface area contributed by atoms with E-state index in [1.54, 1.807) is 0 Å². The first-order valence-corrected chi connectivity index (χ1v) is 11.8. The number of carbonyl (C=O) groups is 1. The molecule has 0 radical (unpaired) electrons. The van der Waals surface area contributed by atoms with Crippen molar-refractivity contribution in [2.75, 3.05) is 6.16 Å². The maximum atomic E-state index is 12.0. The molecule has 0 aliphatic carbocycles. The van der Waals surface area contributed by atoms with E-state index >= 15 is 0 Å². The number of benzene rings is 3. The Morgan fingerprint density at radius 2 is 1.21 bits per heavy atom. The third-order valence-electron chi connectivity index (χ3n) is 5.27. The van der Waals surface area contributed by atoms with Crippen LogP contribution in [0.25, 0.3) is 0 Å². The van der Waals surface area contributed by atoms with Crippen LogP contribution in [0.3, 0.4) is 0 Å². The van der Waals surface area contributed by atoms with Gasteiger partial charge in [-0.25, -0.2) is 0 Å². The summed E-state index contributed by atoms with van der Waals surface area (Å²) in [7, 11) is 0. The first-order chi connectivity index (χ1) is 14.0. The Balaban J connectivity index is 2.43. The Labute approximate surface area is 170 Å². The van der Waals surface area contributed by atoms with Gasteiger partial charge in [0.25, 0.3) is 0 Å². The number of rotatable bonds is 9. The molecule has 0 fully saturated rings. The van der Waals surface area contributed by atoms with Crippen molar-refractivity contribution in [1.29, 1.82) is 0 Å². The van der Waals surface area contributed by atoms with Crippen LogP contribution < -0.4 is 15.9 Å². The second kappa shape index (κ2) is 8.54. The van der Waals surface area contributed by atoms with E-state index in [0.717, 1.165) is 15.9 Å². The van der Waals surface area contributed by atoms with Gasteiger partial charge >= 0.3 is 170 Å². The molecule has 150 valence electrons. The number of hydrogen-bond acceptors (Lipinski definition) is 4. The quantitative estimate of drug-likeness (QED) is 0.304. The van der Waals surface area contributed by atoms with E-state index in [1.807, 2.05) is 91.0 Å². The summed E-state index contributed by atoms with van der Waals surface area (Å²) >= 11 is 0. The summed E-state index contributed by atoms with van der Waals surface area (Å²) in [6, 6.07) is 28.3. The minimum atomic E-state index is -3.97. The SMILES string of the molecule is CC(=O)CCCP(O[N+](=O)[O-])(c1ccccc1)(c1ccccc1)c1ccccc1. The van der Waals surface area contributed by atoms with Gasteiger partial charge in [-0.05, 0) is 0 Å². The zero-order chi connectivity index (χ0) is 20.8. The zero-order valence-electron chi connectivity index (χ0n) is 16.3. The van der Waals surface area contributed by atoms with Crippen LogP contribution in [0.15, 0.2) is 91.0 Å². The Bertz CT molecular complexity index is 878. The van der Waals surface area contributed by atoms with Crippen molar-refractivity contribution >= 4 is 28.5 Å². The molecule has 0 N–H and O–H groups in total. The van der Waals surface area contributed by atoms with Crippen LogP contribution in [0.1, 0.15) is 19.8 Å². The van der Waals surface area contributed by atoms with Gasteiger partial charge in [0.1, 0.15) is 0 Å². The molecule has 3 aromatic carbocycles. The summed E-state index contributed by atoms with van der Waals surface area (Å²) in [5.41, 5.74) is 0.